The predicted molar refractivity (Wildman–Crippen MR) is 36.4 cm³/mol. The van der Waals surface area contributed by atoms with Crippen molar-refractivity contribution in [2.24, 2.45) is 0 Å². The highest BCUT2D eigenvalue weighted by Gasteiger charge is 2.13. The van der Waals surface area contributed by atoms with Gasteiger partial charge < -0.3 is 5.43 Å². The summed E-state index contributed by atoms with van der Waals surface area (Å²) in [6.45, 7) is 0. The molecule has 2 N–H and O–H groups in total. The molecule has 1 aliphatic heterocycles. The van der Waals surface area contributed by atoms with Gasteiger partial charge in [-0.1, -0.05) is 24.3 Å². The van der Waals surface area contributed by atoms with E-state index in [2.05, 4.69) is 23.0 Å². The van der Waals surface area contributed by atoms with Crippen molar-refractivity contribution >= 4 is 0 Å². The van der Waals surface area contributed by atoms with Crippen molar-refractivity contribution in [3.8, 4) is 0 Å². The van der Waals surface area contributed by atoms with Gasteiger partial charge in [-0.25, -0.2) is 5.43 Å². The monoisotopic (exact) mass is 120 g/mol. The molecule has 0 fully saturated rings. The first-order valence-electron chi connectivity index (χ1n) is 3.03. The van der Waals surface area contributed by atoms with Crippen LogP contribution >= 0.6 is 0 Å². The van der Waals surface area contributed by atoms with Crippen LogP contribution in [-0.2, 0) is 0 Å². The Labute approximate surface area is 53.9 Å². The number of rotatable bonds is 0. The van der Waals surface area contributed by atoms with Crippen LogP contribution in [0.25, 0.3) is 0 Å². The Morgan fingerprint density at radius 2 is 2.33 bits per heavy atom. The molecule has 0 radical (unpaired) electrons. The molecule has 9 heavy (non-hydrogen) atoms. The molecule has 46 valence electrons. The molecule has 1 atom stereocenters. The fourth-order valence-electron chi connectivity index (χ4n) is 1.04. The van der Waals surface area contributed by atoms with Crippen LogP contribution in [0, 0.1) is 0 Å². The van der Waals surface area contributed by atoms with Crippen LogP contribution in [0.3, 0.4) is 0 Å². The van der Waals surface area contributed by atoms with Gasteiger partial charge in [-0.15, -0.1) is 0 Å². The average molecular weight is 120 g/mol. The summed E-state index contributed by atoms with van der Waals surface area (Å²) in [5.74, 6) is 0. The second kappa shape index (κ2) is 1.74. The molecule has 2 aliphatic rings. The highest BCUT2D eigenvalue weighted by molar-refractivity contribution is 5.37. The van der Waals surface area contributed by atoms with Crippen molar-refractivity contribution in [1.29, 1.82) is 0 Å². The summed E-state index contributed by atoms with van der Waals surface area (Å²) in [6, 6.07) is 0.398. The van der Waals surface area contributed by atoms with Crippen LogP contribution in [0.2, 0.25) is 0 Å². The second-order valence-electron chi connectivity index (χ2n) is 2.15. The van der Waals surface area contributed by atoms with E-state index in [0.29, 0.717) is 6.04 Å². The molecule has 1 aliphatic carbocycles. The maximum Gasteiger partial charge on any atom is 0.0708 e. The zero-order valence-electron chi connectivity index (χ0n) is 4.96. The van der Waals surface area contributed by atoms with Crippen molar-refractivity contribution in [3.63, 3.8) is 0 Å². The summed E-state index contributed by atoms with van der Waals surface area (Å²) in [6.07, 6.45) is 10.3. The topological polar surface area (TPSA) is 24.1 Å². The summed E-state index contributed by atoms with van der Waals surface area (Å²) in [4.78, 5) is 0. The van der Waals surface area contributed by atoms with Crippen LogP contribution in [0.15, 0.2) is 36.1 Å². The first kappa shape index (κ1) is 4.82. The molecule has 0 aromatic heterocycles. The molecule has 0 aromatic rings. The van der Waals surface area contributed by atoms with E-state index in [4.69, 9.17) is 0 Å². The van der Waals surface area contributed by atoms with Gasteiger partial charge in [-0.3, -0.25) is 0 Å². The maximum absolute atomic E-state index is 3.08. The predicted octanol–water partition coefficient (Wildman–Crippen LogP) is 0.473. The Kier molecular flexibility index (Phi) is 0.932. The SMILES string of the molecule is C1=CC2=CNNC2C=C1. The van der Waals surface area contributed by atoms with E-state index in [1.807, 2.05) is 18.4 Å². The van der Waals surface area contributed by atoms with E-state index < -0.39 is 0 Å². The summed E-state index contributed by atoms with van der Waals surface area (Å²) in [7, 11) is 0. The van der Waals surface area contributed by atoms with E-state index in [0.717, 1.165) is 0 Å². The van der Waals surface area contributed by atoms with Crippen LogP contribution in [0.4, 0.5) is 0 Å². The molecular weight excluding hydrogens is 112 g/mol. The Bertz CT molecular complexity index is 198. The van der Waals surface area contributed by atoms with Crippen molar-refractivity contribution in [2.75, 3.05) is 0 Å². The first-order chi connectivity index (χ1) is 4.47. The number of nitrogens with one attached hydrogen (secondary N) is 2. The lowest BCUT2D eigenvalue weighted by Gasteiger charge is -2.07. The number of hydrogen-bond acceptors (Lipinski definition) is 2. The minimum absolute atomic E-state index is 0.398. The molecule has 1 unspecified atom stereocenters. The molecule has 0 bridgehead atoms. The number of fused-ring (bicyclic) bond motifs is 1. The van der Waals surface area contributed by atoms with Gasteiger partial charge in [0.1, 0.15) is 0 Å². The van der Waals surface area contributed by atoms with Gasteiger partial charge in [0.15, 0.2) is 0 Å². The third-order valence-electron chi connectivity index (χ3n) is 1.54. The van der Waals surface area contributed by atoms with Crippen LogP contribution < -0.4 is 10.9 Å². The van der Waals surface area contributed by atoms with Gasteiger partial charge in [0.25, 0.3) is 0 Å². The molecule has 2 heteroatoms. The van der Waals surface area contributed by atoms with E-state index >= 15 is 0 Å². The summed E-state index contributed by atoms with van der Waals surface area (Å²) >= 11 is 0. The highest BCUT2D eigenvalue weighted by Crippen LogP contribution is 2.12. The van der Waals surface area contributed by atoms with Crippen LogP contribution in [0.5, 0.6) is 0 Å². The standard InChI is InChI=1S/C7H8N2/c1-2-4-7-6(3-1)5-8-9-7/h1-5,7-9H. The summed E-state index contributed by atoms with van der Waals surface area (Å²) in [5, 5.41) is 0. The lowest BCUT2D eigenvalue weighted by molar-refractivity contribution is 0.649. The van der Waals surface area contributed by atoms with Crippen molar-refractivity contribution in [1.82, 2.24) is 10.9 Å². The van der Waals surface area contributed by atoms with E-state index in [-0.39, 0.29) is 0 Å². The molecule has 0 spiro atoms. The zero-order chi connectivity index (χ0) is 6.10. The van der Waals surface area contributed by atoms with Gasteiger partial charge in [-0.2, -0.15) is 0 Å². The Balaban J connectivity index is 2.33. The fourth-order valence-corrected chi connectivity index (χ4v) is 1.04. The van der Waals surface area contributed by atoms with E-state index in [1.54, 1.807) is 0 Å². The van der Waals surface area contributed by atoms with Gasteiger partial charge in [0.2, 0.25) is 0 Å². The van der Waals surface area contributed by atoms with Gasteiger partial charge in [-0.05, 0) is 5.57 Å². The Morgan fingerprint density at radius 3 is 3.22 bits per heavy atom. The first-order valence-corrected chi connectivity index (χ1v) is 3.03. The van der Waals surface area contributed by atoms with Gasteiger partial charge >= 0.3 is 0 Å². The van der Waals surface area contributed by atoms with Crippen LogP contribution in [-0.4, -0.2) is 6.04 Å². The van der Waals surface area contributed by atoms with Crippen LogP contribution in [0.1, 0.15) is 0 Å². The van der Waals surface area contributed by atoms with Gasteiger partial charge in [0.05, 0.1) is 6.04 Å². The smallest absolute Gasteiger partial charge is 0.0708 e. The lowest BCUT2D eigenvalue weighted by Crippen LogP contribution is -2.30. The van der Waals surface area contributed by atoms with Gasteiger partial charge in [0, 0.05) is 6.20 Å². The highest BCUT2D eigenvalue weighted by atomic mass is 15.4. The average Bonchev–Trinajstić information content (AvgIpc) is 2.33. The summed E-state index contributed by atoms with van der Waals surface area (Å²) in [5.41, 5.74) is 7.33. The molecule has 0 saturated heterocycles. The minimum atomic E-state index is 0.398. The van der Waals surface area contributed by atoms with E-state index in [9.17, 15) is 0 Å². The quantitative estimate of drug-likeness (QED) is 0.485. The van der Waals surface area contributed by atoms with Crippen molar-refractivity contribution in [2.45, 2.75) is 6.04 Å². The molecule has 0 saturated carbocycles. The largest absolute Gasteiger partial charge is 0.328 e. The maximum atomic E-state index is 3.08. The molecule has 2 nitrogen and oxygen atoms in total. The molecule has 1 heterocycles. The normalized spacial score (nSPS) is 29.3. The zero-order valence-corrected chi connectivity index (χ0v) is 4.96. The lowest BCUT2D eigenvalue weighted by atomic mass is 10.1. The molecular formula is C7H8N2. The molecule has 0 aromatic carbocycles. The second-order valence-corrected chi connectivity index (χ2v) is 2.15. The number of hydrazine groups is 1. The third kappa shape index (κ3) is 0.678. The molecule has 2 rings (SSSR count). The Hall–Kier alpha value is -1.02. The van der Waals surface area contributed by atoms with Crippen molar-refractivity contribution < 1.29 is 0 Å². The van der Waals surface area contributed by atoms with Crippen molar-refractivity contribution in [3.05, 3.63) is 36.1 Å². The number of allylic oxidation sites excluding steroid dienone is 2. The van der Waals surface area contributed by atoms with E-state index in [1.165, 1.54) is 5.57 Å². The summed E-state index contributed by atoms with van der Waals surface area (Å²) < 4.78 is 0. The number of hydrogen-bond donors (Lipinski definition) is 2. The minimum Gasteiger partial charge on any atom is -0.328 e. The molecule has 0 amide bonds. The Morgan fingerprint density at radius 1 is 1.33 bits per heavy atom. The fraction of sp³-hybridized carbons (Fsp3) is 0.143. The third-order valence-corrected chi connectivity index (χ3v) is 1.54.